The highest BCUT2D eigenvalue weighted by molar-refractivity contribution is 6.42. The molecule has 0 radical (unpaired) electrons. The van der Waals surface area contributed by atoms with Crippen LogP contribution in [0.15, 0.2) is 36.5 Å². The van der Waals surface area contributed by atoms with Gasteiger partial charge in [-0.3, -0.25) is 4.98 Å². The first-order chi connectivity index (χ1) is 9.10. The van der Waals surface area contributed by atoms with E-state index >= 15 is 0 Å². The van der Waals surface area contributed by atoms with Gasteiger partial charge < -0.3 is 5.73 Å². The van der Waals surface area contributed by atoms with Crippen molar-refractivity contribution >= 4 is 23.2 Å². The molecule has 1 unspecified atom stereocenters. The molecule has 2 N–H and O–H groups in total. The van der Waals surface area contributed by atoms with Crippen LogP contribution in [0.2, 0.25) is 10.0 Å². The van der Waals surface area contributed by atoms with E-state index in [0.717, 1.165) is 17.7 Å². The average molecular weight is 295 g/mol. The van der Waals surface area contributed by atoms with Crippen molar-refractivity contribution in [2.45, 2.75) is 25.8 Å². The van der Waals surface area contributed by atoms with E-state index in [1.165, 1.54) is 5.56 Å². The molecule has 1 heterocycles. The predicted molar refractivity (Wildman–Crippen MR) is 80.7 cm³/mol. The van der Waals surface area contributed by atoms with Crippen LogP contribution in [0.1, 0.15) is 29.8 Å². The maximum atomic E-state index is 6.17. The Morgan fingerprint density at radius 1 is 1.16 bits per heavy atom. The van der Waals surface area contributed by atoms with Crippen LogP contribution >= 0.6 is 23.2 Å². The second-order valence-electron chi connectivity index (χ2n) is 4.50. The van der Waals surface area contributed by atoms with Gasteiger partial charge in [0.2, 0.25) is 0 Å². The Labute approximate surface area is 123 Å². The van der Waals surface area contributed by atoms with Crippen molar-refractivity contribution in [3.05, 3.63) is 63.4 Å². The zero-order chi connectivity index (χ0) is 13.8. The van der Waals surface area contributed by atoms with Crippen LogP contribution in [0, 0.1) is 0 Å². The van der Waals surface area contributed by atoms with E-state index in [9.17, 15) is 0 Å². The molecule has 1 atom stereocenters. The minimum absolute atomic E-state index is 0.130. The van der Waals surface area contributed by atoms with Gasteiger partial charge in [0.05, 0.1) is 10.0 Å². The summed E-state index contributed by atoms with van der Waals surface area (Å²) in [6.45, 7) is 2.11. The van der Waals surface area contributed by atoms with Crippen molar-refractivity contribution in [3.63, 3.8) is 0 Å². The summed E-state index contributed by atoms with van der Waals surface area (Å²) in [6, 6.07) is 9.47. The second-order valence-corrected chi connectivity index (χ2v) is 5.31. The molecule has 0 aliphatic carbocycles. The number of hydrogen-bond acceptors (Lipinski definition) is 2. The molecular weight excluding hydrogens is 279 g/mol. The maximum absolute atomic E-state index is 6.17. The minimum atomic E-state index is -0.130. The lowest BCUT2D eigenvalue weighted by molar-refractivity contribution is 0.706. The number of nitrogens with two attached hydrogens (primary N) is 1. The van der Waals surface area contributed by atoms with Gasteiger partial charge in [0.25, 0.3) is 0 Å². The molecule has 2 aromatic rings. The van der Waals surface area contributed by atoms with Gasteiger partial charge in [-0.25, -0.2) is 0 Å². The Balaban J connectivity index is 2.10. The number of aromatic nitrogens is 1. The number of hydrogen-bond donors (Lipinski definition) is 1. The summed E-state index contributed by atoms with van der Waals surface area (Å²) in [5, 5.41) is 1.08. The molecule has 100 valence electrons. The minimum Gasteiger partial charge on any atom is -0.324 e. The van der Waals surface area contributed by atoms with Gasteiger partial charge in [0.15, 0.2) is 0 Å². The molecule has 0 amide bonds. The third-order valence-electron chi connectivity index (χ3n) is 3.10. The van der Waals surface area contributed by atoms with Crippen molar-refractivity contribution in [1.82, 2.24) is 4.98 Å². The van der Waals surface area contributed by atoms with Gasteiger partial charge in [0, 0.05) is 24.4 Å². The Morgan fingerprint density at radius 3 is 2.53 bits per heavy atom. The summed E-state index contributed by atoms with van der Waals surface area (Å²) in [4.78, 5) is 4.42. The van der Waals surface area contributed by atoms with Crippen LogP contribution in [0.4, 0.5) is 0 Å². The molecule has 0 saturated carbocycles. The van der Waals surface area contributed by atoms with E-state index in [2.05, 4.69) is 18.0 Å². The summed E-state index contributed by atoms with van der Waals surface area (Å²) < 4.78 is 0. The lowest BCUT2D eigenvalue weighted by Gasteiger charge is -2.12. The quantitative estimate of drug-likeness (QED) is 0.918. The number of pyridine rings is 1. The van der Waals surface area contributed by atoms with Crippen LogP contribution in [0.5, 0.6) is 0 Å². The number of nitrogens with zero attached hydrogens (tertiary/aromatic N) is 1. The van der Waals surface area contributed by atoms with E-state index in [-0.39, 0.29) is 6.04 Å². The van der Waals surface area contributed by atoms with E-state index in [4.69, 9.17) is 28.9 Å². The van der Waals surface area contributed by atoms with Crippen molar-refractivity contribution in [2.24, 2.45) is 5.73 Å². The fourth-order valence-electron chi connectivity index (χ4n) is 1.87. The molecule has 2 nitrogen and oxygen atoms in total. The standard InChI is InChI=1S/C15H16Cl2N2/c1-2-10-3-5-12(19-9-10)8-15(18)11-4-6-13(16)14(17)7-11/h3-7,9,15H,2,8,18H2,1H3. The first-order valence-electron chi connectivity index (χ1n) is 6.24. The van der Waals surface area contributed by atoms with E-state index in [0.29, 0.717) is 16.5 Å². The lowest BCUT2D eigenvalue weighted by atomic mass is 10.0. The molecule has 0 bridgehead atoms. The number of halogens is 2. The topological polar surface area (TPSA) is 38.9 Å². The van der Waals surface area contributed by atoms with Gasteiger partial charge in [-0.05, 0) is 35.7 Å². The van der Waals surface area contributed by atoms with Crippen molar-refractivity contribution in [1.29, 1.82) is 0 Å². The number of aryl methyl sites for hydroxylation is 1. The average Bonchev–Trinajstić information content (AvgIpc) is 2.42. The highest BCUT2D eigenvalue weighted by atomic mass is 35.5. The largest absolute Gasteiger partial charge is 0.324 e. The molecule has 0 fully saturated rings. The molecule has 1 aromatic carbocycles. The number of rotatable bonds is 4. The van der Waals surface area contributed by atoms with Gasteiger partial charge in [0.1, 0.15) is 0 Å². The van der Waals surface area contributed by atoms with Gasteiger partial charge in [-0.2, -0.15) is 0 Å². The van der Waals surface area contributed by atoms with Crippen molar-refractivity contribution in [2.75, 3.05) is 0 Å². The normalized spacial score (nSPS) is 12.4. The fraction of sp³-hybridized carbons (Fsp3) is 0.267. The third kappa shape index (κ3) is 3.69. The molecule has 0 aliphatic heterocycles. The number of benzene rings is 1. The summed E-state index contributed by atoms with van der Waals surface area (Å²) in [7, 11) is 0. The summed E-state index contributed by atoms with van der Waals surface area (Å²) >= 11 is 11.9. The molecule has 0 spiro atoms. The van der Waals surface area contributed by atoms with Crippen LogP contribution in [-0.4, -0.2) is 4.98 Å². The molecule has 19 heavy (non-hydrogen) atoms. The summed E-state index contributed by atoms with van der Waals surface area (Å²) in [5.74, 6) is 0. The summed E-state index contributed by atoms with van der Waals surface area (Å²) in [5.41, 5.74) is 9.35. The lowest BCUT2D eigenvalue weighted by Crippen LogP contribution is -2.14. The molecule has 0 saturated heterocycles. The third-order valence-corrected chi connectivity index (χ3v) is 3.83. The van der Waals surface area contributed by atoms with Gasteiger partial charge in [-0.1, -0.05) is 42.3 Å². The Bertz CT molecular complexity index is 553. The molecule has 4 heteroatoms. The smallest absolute Gasteiger partial charge is 0.0595 e. The van der Waals surface area contributed by atoms with Crippen molar-refractivity contribution in [3.8, 4) is 0 Å². The molecular formula is C15H16Cl2N2. The van der Waals surface area contributed by atoms with E-state index in [1.54, 1.807) is 6.07 Å². The Kier molecular flexibility index (Phi) is 4.81. The first kappa shape index (κ1) is 14.3. The van der Waals surface area contributed by atoms with Gasteiger partial charge >= 0.3 is 0 Å². The first-order valence-corrected chi connectivity index (χ1v) is 7.00. The zero-order valence-corrected chi connectivity index (χ0v) is 12.2. The van der Waals surface area contributed by atoms with Crippen LogP contribution < -0.4 is 5.73 Å². The maximum Gasteiger partial charge on any atom is 0.0595 e. The van der Waals surface area contributed by atoms with Crippen LogP contribution in [0.25, 0.3) is 0 Å². The monoisotopic (exact) mass is 294 g/mol. The molecule has 1 aromatic heterocycles. The second kappa shape index (κ2) is 6.38. The zero-order valence-electron chi connectivity index (χ0n) is 10.7. The van der Waals surface area contributed by atoms with Gasteiger partial charge in [-0.15, -0.1) is 0 Å². The predicted octanol–water partition coefficient (Wildman–Crippen LogP) is 4.19. The van der Waals surface area contributed by atoms with Crippen LogP contribution in [0.3, 0.4) is 0 Å². The SMILES string of the molecule is CCc1ccc(CC(N)c2ccc(Cl)c(Cl)c2)nc1. The van der Waals surface area contributed by atoms with Crippen LogP contribution in [-0.2, 0) is 12.8 Å². The molecule has 0 aliphatic rings. The van der Waals surface area contributed by atoms with Crippen molar-refractivity contribution < 1.29 is 0 Å². The fourth-order valence-corrected chi connectivity index (χ4v) is 2.18. The van der Waals surface area contributed by atoms with E-state index in [1.807, 2.05) is 24.4 Å². The highest BCUT2D eigenvalue weighted by Crippen LogP contribution is 2.26. The molecule has 2 rings (SSSR count). The van der Waals surface area contributed by atoms with E-state index < -0.39 is 0 Å². The summed E-state index contributed by atoms with van der Waals surface area (Å²) in [6.07, 6.45) is 3.57. The highest BCUT2D eigenvalue weighted by Gasteiger charge is 2.10. The Morgan fingerprint density at radius 2 is 1.95 bits per heavy atom. The Hall–Kier alpha value is -1.09.